The first-order valence-electron chi connectivity index (χ1n) is 6.05. The summed E-state index contributed by atoms with van der Waals surface area (Å²) in [5.74, 6) is 1.55. The maximum absolute atomic E-state index is 12.0. The van der Waals surface area contributed by atoms with Gasteiger partial charge in [-0.25, -0.2) is 0 Å². The molecular formula is C14H18O3. The second-order valence-corrected chi connectivity index (χ2v) is 4.58. The Morgan fingerprint density at radius 1 is 1.47 bits per heavy atom. The van der Waals surface area contributed by atoms with Gasteiger partial charge in [-0.05, 0) is 31.0 Å². The second kappa shape index (κ2) is 4.78. The van der Waals surface area contributed by atoms with E-state index >= 15 is 0 Å². The summed E-state index contributed by atoms with van der Waals surface area (Å²) in [7, 11) is 0. The van der Waals surface area contributed by atoms with Crippen LogP contribution in [0.2, 0.25) is 0 Å². The number of hydrogen-bond donors (Lipinski definition) is 0. The number of ketones is 1. The van der Waals surface area contributed by atoms with Crippen LogP contribution in [0.15, 0.2) is 18.2 Å². The van der Waals surface area contributed by atoms with Crippen molar-refractivity contribution >= 4 is 5.78 Å². The molecule has 0 aliphatic carbocycles. The van der Waals surface area contributed by atoms with E-state index in [1.54, 1.807) is 0 Å². The molecule has 0 saturated heterocycles. The van der Waals surface area contributed by atoms with Gasteiger partial charge in [0.05, 0.1) is 0 Å². The molecular weight excluding hydrogens is 216 g/mol. The Hall–Kier alpha value is -1.51. The fraction of sp³-hybridized carbons (Fsp3) is 0.500. The van der Waals surface area contributed by atoms with Gasteiger partial charge in [0.2, 0.25) is 0 Å². The molecule has 92 valence electrons. The van der Waals surface area contributed by atoms with Crippen LogP contribution < -0.4 is 9.47 Å². The van der Waals surface area contributed by atoms with Gasteiger partial charge in [-0.1, -0.05) is 19.9 Å². The maximum Gasteiger partial charge on any atom is 0.191 e. The van der Waals surface area contributed by atoms with Crippen molar-refractivity contribution < 1.29 is 14.3 Å². The molecule has 1 aliphatic rings. The third-order valence-electron chi connectivity index (χ3n) is 3.17. The summed E-state index contributed by atoms with van der Waals surface area (Å²) in [5.41, 5.74) is 1.12. The Kier molecular flexibility index (Phi) is 3.36. The van der Waals surface area contributed by atoms with Crippen molar-refractivity contribution in [1.82, 2.24) is 0 Å². The van der Waals surface area contributed by atoms with Crippen molar-refractivity contribution in [3.8, 4) is 11.5 Å². The Labute approximate surface area is 102 Å². The number of Topliss-reactive ketones (excluding diaryl/α,β-unsaturated/α-hetero) is 1. The van der Waals surface area contributed by atoms with E-state index in [1.807, 2.05) is 39.0 Å². The van der Waals surface area contributed by atoms with Gasteiger partial charge in [-0.3, -0.25) is 4.79 Å². The molecule has 17 heavy (non-hydrogen) atoms. The fourth-order valence-corrected chi connectivity index (χ4v) is 1.84. The number of rotatable bonds is 3. The van der Waals surface area contributed by atoms with Crippen molar-refractivity contribution in [3.63, 3.8) is 0 Å². The molecule has 0 radical (unpaired) electrons. The van der Waals surface area contributed by atoms with Crippen LogP contribution in [-0.4, -0.2) is 18.5 Å². The molecule has 1 aliphatic heterocycles. The van der Waals surface area contributed by atoms with Crippen LogP contribution >= 0.6 is 0 Å². The van der Waals surface area contributed by atoms with Gasteiger partial charge in [0.25, 0.3) is 0 Å². The van der Waals surface area contributed by atoms with Crippen LogP contribution in [0.3, 0.4) is 0 Å². The van der Waals surface area contributed by atoms with Crippen LogP contribution in [0.4, 0.5) is 0 Å². The van der Waals surface area contributed by atoms with E-state index in [0.29, 0.717) is 12.4 Å². The third kappa shape index (κ3) is 2.43. The van der Waals surface area contributed by atoms with Gasteiger partial charge in [0.15, 0.2) is 23.4 Å². The molecule has 2 atom stereocenters. The smallest absolute Gasteiger partial charge is 0.191 e. The maximum atomic E-state index is 12.0. The Morgan fingerprint density at radius 2 is 2.24 bits per heavy atom. The molecule has 0 amide bonds. The number of ether oxygens (including phenoxy) is 2. The molecule has 3 heteroatoms. The minimum Gasteiger partial charge on any atom is -0.485 e. The quantitative estimate of drug-likeness (QED) is 0.806. The molecule has 2 rings (SSSR count). The van der Waals surface area contributed by atoms with Crippen molar-refractivity contribution in [3.05, 3.63) is 23.8 Å². The van der Waals surface area contributed by atoms with Crippen molar-refractivity contribution in [2.24, 2.45) is 5.92 Å². The van der Waals surface area contributed by atoms with Crippen LogP contribution in [0.25, 0.3) is 0 Å². The van der Waals surface area contributed by atoms with Crippen LogP contribution in [-0.2, 0) is 4.79 Å². The molecule has 0 aromatic heterocycles. The van der Waals surface area contributed by atoms with Crippen molar-refractivity contribution in [2.75, 3.05) is 6.61 Å². The van der Waals surface area contributed by atoms with Crippen LogP contribution in [0.5, 0.6) is 11.5 Å². The Balaban J connectivity index is 2.13. The Morgan fingerprint density at radius 3 is 2.94 bits per heavy atom. The highest BCUT2D eigenvalue weighted by atomic mass is 16.6. The number of benzene rings is 1. The monoisotopic (exact) mass is 234 g/mol. The van der Waals surface area contributed by atoms with Gasteiger partial charge >= 0.3 is 0 Å². The summed E-state index contributed by atoms with van der Waals surface area (Å²) in [5, 5.41) is 0. The van der Waals surface area contributed by atoms with Crippen LogP contribution in [0, 0.1) is 12.8 Å². The summed E-state index contributed by atoms with van der Waals surface area (Å²) >= 11 is 0. The summed E-state index contributed by atoms with van der Waals surface area (Å²) in [6.45, 7) is 6.25. The molecule has 0 bridgehead atoms. The molecule has 1 aromatic carbocycles. The molecule has 3 nitrogen and oxygen atoms in total. The SMILES string of the molecule is CCC(C)C(=O)C1COc2cc(C)ccc2O1. The molecule has 1 aromatic rings. The number of carbonyl (C=O) groups excluding carboxylic acids is 1. The van der Waals surface area contributed by atoms with Crippen molar-refractivity contribution in [2.45, 2.75) is 33.3 Å². The lowest BCUT2D eigenvalue weighted by molar-refractivity contribution is -0.131. The first kappa shape index (κ1) is 12.0. The molecule has 2 unspecified atom stereocenters. The number of fused-ring (bicyclic) bond motifs is 1. The third-order valence-corrected chi connectivity index (χ3v) is 3.17. The highest BCUT2D eigenvalue weighted by molar-refractivity contribution is 5.85. The number of carbonyl (C=O) groups is 1. The van der Waals surface area contributed by atoms with E-state index in [1.165, 1.54) is 0 Å². The average molecular weight is 234 g/mol. The zero-order valence-electron chi connectivity index (χ0n) is 10.5. The average Bonchev–Trinajstić information content (AvgIpc) is 2.36. The summed E-state index contributed by atoms with van der Waals surface area (Å²) in [4.78, 5) is 12.0. The first-order valence-corrected chi connectivity index (χ1v) is 6.05. The summed E-state index contributed by atoms with van der Waals surface area (Å²) in [6.07, 6.45) is 0.375. The Bertz CT molecular complexity index is 425. The zero-order chi connectivity index (χ0) is 12.4. The summed E-state index contributed by atoms with van der Waals surface area (Å²) < 4.78 is 11.3. The normalized spacial score (nSPS) is 19.8. The largest absolute Gasteiger partial charge is 0.485 e. The first-order chi connectivity index (χ1) is 8.11. The molecule has 0 saturated carbocycles. The van der Waals surface area contributed by atoms with E-state index in [-0.39, 0.29) is 11.7 Å². The van der Waals surface area contributed by atoms with E-state index < -0.39 is 6.10 Å². The second-order valence-electron chi connectivity index (χ2n) is 4.58. The lowest BCUT2D eigenvalue weighted by atomic mass is 9.99. The van der Waals surface area contributed by atoms with E-state index in [4.69, 9.17) is 9.47 Å². The number of aryl methyl sites for hydroxylation is 1. The van der Waals surface area contributed by atoms with Gasteiger partial charge in [-0.2, -0.15) is 0 Å². The van der Waals surface area contributed by atoms with E-state index in [9.17, 15) is 4.79 Å². The minimum atomic E-state index is -0.458. The lowest BCUT2D eigenvalue weighted by Gasteiger charge is -2.27. The van der Waals surface area contributed by atoms with Crippen LogP contribution in [0.1, 0.15) is 25.8 Å². The van der Waals surface area contributed by atoms with Gasteiger partial charge in [-0.15, -0.1) is 0 Å². The standard InChI is InChI=1S/C14H18O3/c1-4-10(3)14(15)13-8-16-12-7-9(2)5-6-11(12)17-13/h5-7,10,13H,4,8H2,1-3H3. The minimum absolute atomic E-state index is 0.0237. The molecule has 0 N–H and O–H groups in total. The fourth-order valence-electron chi connectivity index (χ4n) is 1.84. The molecule has 1 heterocycles. The van der Waals surface area contributed by atoms with Crippen molar-refractivity contribution in [1.29, 1.82) is 0 Å². The molecule has 0 spiro atoms. The summed E-state index contributed by atoms with van der Waals surface area (Å²) in [6, 6.07) is 5.75. The predicted molar refractivity (Wildman–Crippen MR) is 65.6 cm³/mol. The molecule has 0 fully saturated rings. The van der Waals surface area contributed by atoms with E-state index in [2.05, 4.69) is 0 Å². The van der Waals surface area contributed by atoms with Gasteiger partial charge in [0, 0.05) is 5.92 Å². The zero-order valence-corrected chi connectivity index (χ0v) is 10.5. The lowest BCUT2D eigenvalue weighted by Crippen LogP contribution is -2.39. The topological polar surface area (TPSA) is 35.5 Å². The van der Waals surface area contributed by atoms with E-state index in [0.717, 1.165) is 17.7 Å². The van der Waals surface area contributed by atoms with Gasteiger partial charge in [0.1, 0.15) is 6.61 Å². The number of hydrogen-bond acceptors (Lipinski definition) is 3. The van der Waals surface area contributed by atoms with Gasteiger partial charge < -0.3 is 9.47 Å². The predicted octanol–water partition coefficient (Wildman–Crippen LogP) is 2.75. The highest BCUT2D eigenvalue weighted by Gasteiger charge is 2.29. The highest BCUT2D eigenvalue weighted by Crippen LogP contribution is 2.33.